The number of nitrogen functional groups attached to an aromatic ring is 1. The molecule has 0 fully saturated rings. The number of carbonyl (C=O) groups excluding carboxylic acids is 2. The molecule has 2 rings (SSSR count). The van der Waals surface area contributed by atoms with Gasteiger partial charge in [-0.15, -0.1) is 0 Å². The van der Waals surface area contributed by atoms with Gasteiger partial charge in [-0.2, -0.15) is 10.2 Å². The van der Waals surface area contributed by atoms with Gasteiger partial charge in [-0.1, -0.05) is 12.1 Å². The SMILES string of the molecule is CC(=O)NCCOc1nc(-c2cccc(C#N)c2)nc(N)c1C(=O)NOCC(C)(C)O. The van der Waals surface area contributed by atoms with Crippen LogP contribution in [0.4, 0.5) is 5.82 Å². The highest BCUT2D eigenvalue weighted by Crippen LogP contribution is 2.26. The van der Waals surface area contributed by atoms with Crippen LogP contribution in [-0.2, 0) is 9.63 Å². The number of amides is 2. The Hall–Kier alpha value is -3.75. The van der Waals surface area contributed by atoms with Crippen LogP contribution in [0.2, 0.25) is 0 Å². The molecule has 2 aromatic rings. The van der Waals surface area contributed by atoms with Crippen LogP contribution in [0.1, 0.15) is 36.7 Å². The summed E-state index contributed by atoms with van der Waals surface area (Å²) in [5.41, 5.74) is 7.75. The zero-order chi connectivity index (χ0) is 23.0. The summed E-state index contributed by atoms with van der Waals surface area (Å²) in [6.45, 7) is 4.40. The van der Waals surface area contributed by atoms with Crippen LogP contribution < -0.4 is 21.3 Å². The lowest BCUT2D eigenvalue weighted by Crippen LogP contribution is -2.34. The van der Waals surface area contributed by atoms with Gasteiger partial charge >= 0.3 is 0 Å². The molecule has 0 aliphatic heterocycles. The Labute approximate surface area is 179 Å². The van der Waals surface area contributed by atoms with Crippen LogP contribution in [0, 0.1) is 11.3 Å². The molecule has 2 amide bonds. The van der Waals surface area contributed by atoms with E-state index in [4.69, 9.17) is 20.6 Å². The Morgan fingerprint density at radius 2 is 2.06 bits per heavy atom. The molecule has 11 nitrogen and oxygen atoms in total. The third-order valence-corrected chi connectivity index (χ3v) is 3.69. The largest absolute Gasteiger partial charge is 0.475 e. The van der Waals surface area contributed by atoms with Crippen molar-refractivity contribution in [2.75, 3.05) is 25.5 Å². The molecule has 0 aliphatic carbocycles. The van der Waals surface area contributed by atoms with Crippen molar-refractivity contribution >= 4 is 17.6 Å². The Bertz CT molecular complexity index is 997. The van der Waals surface area contributed by atoms with Crippen molar-refractivity contribution < 1.29 is 24.3 Å². The van der Waals surface area contributed by atoms with Crippen LogP contribution in [0.3, 0.4) is 0 Å². The monoisotopic (exact) mass is 428 g/mol. The Morgan fingerprint density at radius 1 is 1.32 bits per heavy atom. The number of aromatic nitrogens is 2. The van der Waals surface area contributed by atoms with Gasteiger partial charge in [-0.25, -0.2) is 10.5 Å². The lowest BCUT2D eigenvalue weighted by atomic mass is 10.1. The van der Waals surface area contributed by atoms with Crippen molar-refractivity contribution in [3.63, 3.8) is 0 Å². The second-order valence-electron chi connectivity index (χ2n) is 7.17. The Kier molecular flexibility index (Phi) is 7.84. The van der Waals surface area contributed by atoms with Crippen LogP contribution in [-0.4, -0.2) is 52.2 Å². The fraction of sp³-hybridized carbons (Fsp3) is 0.350. The van der Waals surface area contributed by atoms with E-state index < -0.39 is 11.5 Å². The van der Waals surface area contributed by atoms with Gasteiger partial charge in [0, 0.05) is 12.5 Å². The van der Waals surface area contributed by atoms with Gasteiger partial charge in [-0.3, -0.25) is 14.4 Å². The van der Waals surface area contributed by atoms with Crippen LogP contribution in [0.15, 0.2) is 24.3 Å². The summed E-state index contributed by atoms with van der Waals surface area (Å²) in [6.07, 6.45) is 0. The van der Waals surface area contributed by atoms with Gasteiger partial charge in [-0.05, 0) is 26.0 Å². The number of nitrogens with one attached hydrogen (secondary N) is 2. The molecule has 31 heavy (non-hydrogen) atoms. The van der Waals surface area contributed by atoms with E-state index in [0.717, 1.165) is 0 Å². The molecule has 1 aromatic heterocycles. The predicted octanol–water partition coefficient (Wildman–Crippen LogP) is 0.545. The fourth-order valence-corrected chi connectivity index (χ4v) is 2.34. The van der Waals surface area contributed by atoms with Gasteiger partial charge < -0.3 is 20.9 Å². The normalized spacial score (nSPS) is 10.8. The Morgan fingerprint density at radius 3 is 2.71 bits per heavy atom. The summed E-state index contributed by atoms with van der Waals surface area (Å²) in [5, 5.41) is 21.4. The highest BCUT2D eigenvalue weighted by atomic mass is 16.7. The molecule has 0 radical (unpaired) electrons. The molecule has 0 spiro atoms. The molecule has 0 unspecified atom stereocenters. The van der Waals surface area contributed by atoms with E-state index in [1.54, 1.807) is 24.3 Å². The zero-order valence-corrected chi connectivity index (χ0v) is 17.4. The highest BCUT2D eigenvalue weighted by molar-refractivity contribution is 6.00. The lowest BCUT2D eigenvalue weighted by Gasteiger charge is -2.18. The van der Waals surface area contributed by atoms with Crippen LogP contribution in [0.25, 0.3) is 11.4 Å². The first-order valence-electron chi connectivity index (χ1n) is 9.30. The van der Waals surface area contributed by atoms with E-state index in [0.29, 0.717) is 11.1 Å². The second-order valence-corrected chi connectivity index (χ2v) is 7.17. The van der Waals surface area contributed by atoms with E-state index in [2.05, 4.69) is 20.8 Å². The number of nitriles is 1. The lowest BCUT2D eigenvalue weighted by molar-refractivity contribution is -0.119. The van der Waals surface area contributed by atoms with E-state index in [1.165, 1.54) is 20.8 Å². The van der Waals surface area contributed by atoms with E-state index in [-0.39, 0.29) is 48.8 Å². The van der Waals surface area contributed by atoms with Crippen molar-refractivity contribution in [1.82, 2.24) is 20.8 Å². The molecule has 0 saturated heterocycles. The average molecular weight is 428 g/mol. The first-order chi connectivity index (χ1) is 14.6. The number of anilines is 1. The smallest absolute Gasteiger partial charge is 0.284 e. The van der Waals surface area contributed by atoms with E-state index >= 15 is 0 Å². The van der Waals surface area contributed by atoms with Gasteiger partial charge in [0.2, 0.25) is 11.8 Å². The molecule has 0 bridgehead atoms. The summed E-state index contributed by atoms with van der Waals surface area (Å²) in [7, 11) is 0. The molecule has 1 heterocycles. The van der Waals surface area contributed by atoms with Crippen molar-refractivity contribution in [3.8, 4) is 23.3 Å². The number of aliphatic hydroxyl groups is 1. The second kappa shape index (κ2) is 10.3. The average Bonchev–Trinajstić information content (AvgIpc) is 2.69. The molecule has 1 aromatic carbocycles. The maximum atomic E-state index is 12.6. The zero-order valence-electron chi connectivity index (χ0n) is 17.4. The van der Waals surface area contributed by atoms with Crippen molar-refractivity contribution in [2.45, 2.75) is 26.4 Å². The molecule has 5 N–H and O–H groups in total. The minimum atomic E-state index is -1.16. The number of hydrogen-bond donors (Lipinski definition) is 4. The first kappa shape index (κ1) is 23.5. The number of nitrogens with zero attached hydrogens (tertiary/aromatic N) is 3. The predicted molar refractivity (Wildman–Crippen MR) is 110 cm³/mol. The molecule has 0 aliphatic rings. The van der Waals surface area contributed by atoms with Crippen molar-refractivity contribution in [3.05, 3.63) is 35.4 Å². The number of ether oxygens (including phenoxy) is 1. The summed E-state index contributed by atoms with van der Waals surface area (Å²) in [4.78, 5) is 37.1. The summed E-state index contributed by atoms with van der Waals surface area (Å²) in [6, 6.07) is 8.57. The fourth-order valence-electron chi connectivity index (χ4n) is 2.34. The molecule has 0 atom stereocenters. The molecular weight excluding hydrogens is 404 g/mol. The standard InChI is InChI=1S/C20H24N6O5/c1-12(27)23-7-8-30-19-15(18(28)26-31-11-20(2,3)29)16(22)24-17(25-19)14-6-4-5-13(9-14)10-21/h4-6,9,29H,7-8,11H2,1-3H3,(H,23,27)(H,26,28)(H2,22,24,25). The number of hydrogen-bond acceptors (Lipinski definition) is 9. The van der Waals surface area contributed by atoms with E-state index in [9.17, 15) is 14.7 Å². The topological polar surface area (TPSA) is 172 Å². The summed E-state index contributed by atoms with van der Waals surface area (Å²) in [5.74, 6) is -1.16. The van der Waals surface area contributed by atoms with Gasteiger partial charge in [0.05, 0.1) is 23.8 Å². The summed E-state index contributed by atoms with van der Waals surface area (Å²) < 4.78 is 5.58. The quantitative estimate of drug-likeness (QED) is 0.328. The third-order valence-electron chi connectivity index (χ3n) is 3.69. The third kappa shape index (κ3) is 7.22. The van der Waals surface area contributed by atoms with Crippen molar-refractivity contribution in [1.29, 1.82) is 5.26 Å². The van der Waals surface area contributed by atoms with Crippen LogP contribution >= 0.6 is 0 Å². The van der Waals surface area contributed by atoms with Gasteiger partial charge in [0.25, 0.3) is 5.91 Å². The molecule has 164 valence electrons. The maximum Gasteiger partial charge on any atom is 0.284 e. The maximum absolute atomic E-state index is 12.6. The highest BCUT2D eigenvalue weighted by Gasteiger charge is 2.23. The minimum Gasteiger partial charge on any atom is -0.475 e. The van der Waals surface area contributed by atoms with Gasteiger partial charge in [0.15, 0.2) is 5.82 Å². The summed E-state index contributed by atoms with van der Waals surface area (Å²) >= 11 is 0. The van der Waals surface area contributed by atoms with E-state index in [1.807, 2.05) is 6.07 Å². The minimum absolute atomic E-state index is 0.0124. The number of hydroxylamine groups is 1. The molecular formula is C20H24N6O5. The molecule has 0 saturated carbocycles. The number of benzene rings is 1. The number of carbonyl (C=O) groups is 2. The number of nitrogens with two attached hydrogens (primary N) is 1. The first-order valence-corrected chi connectivity index (χ1v) is 9.30. The molecule has 11 heteroatoms. The van der Waals surface area contributed by atoms with Crippen LogP contribution in [0.5, 0.6) is 5.88 Å². The van der Waals surface area contributed by atoms with Crippen molar-refractivity contribution in [2.24, 2.45) is 0 Å². The van der Waals surface area contributed by atoms with Gasteiger partial charge in [0.1, 0.15) is 24.6 Å². The number of rotatable bonds is 9. The Balaban J connectivity index is 2.34.